The minimum absolute atomic E-state index is 0.220. The Morgan fingerprint density at radius 2 is 0.829 bits per heavy atom. The number of rotatable bonds is 6. The third-order valence-corrected chi connectivity index (χ3v) is 8.27. The van der Waals surface area contributed by atoms with E-state index in [2.05, 4.69) is 9.47 Å². The highest BCUT2D eigenvalue weighted by Crippen LogP contribution is 2.29. The molecule has 0 bridgehead atoms. The Balaban J connectivity index is 2.62. The lowest BCUT2D eigenvalue weighted by Crippen LogP contribution is -2.58. The van der Waals surface area contributed by atoms with Crippen LogP contribution in [0.1, 0.15) is 0 Å². The van der Waals surface area contributed by atoms with Crippen LogP contribution in [0.3, 0.4) is 0 Å². The SMILES string of the molecule is COc1c(F)cc(F)c[c]1[Al]([c]1c(F)c(F)c(OC)c(F)c1F)[c]1c(F)c(F)c(OC)c(F)c1F. The lowest BCUT2D eigenvalue weighted by molar-refractivity contribution is 0.334. The summed E-state index contributed by atoms with van der Waals surface area (Å²) < 4.78 is 155. The summed E-state index contributed by atoms with van der Waals surface area (Å²) in [7, 11) is 2.07. The molecule has 3 nitrogen and oxygen atoms in total. The molecule has 0 spiro atoms. The van der Waals surface area contributed by atoms with Gasteiger partial charge in [-0.05, 0) is 14.9 Å². The molecule has 0 heterocycles. The van der Waals surface area contributed by atoms with Crippen molar-refractivity contribution in [2.24, 2.45) is 0 Å². The number of methoxy groups -OCH3 is 3. The van der Waals surface area contributed by atoms with Crippen molar-refractivity contribution in [3.05, 3.63) is 70.3 Å². The van der Waals surface area contributed by atoms with Gasteiger partial charge < -0.3 is 14.2 Å². The molecule has 35 heavy (non-hydrogen) atoms. The van der Waals surface area contributed by atoms with Crippen molar-refractivity contribution in [3.8, 4) is 17.2 Å². The average molecular weight is 528 g/mol. The summed E-state index contributed by atoms with van der Waals surface area (Å²) in [4.78, 5) is 0. The first-order valence-electron chi connectivity index (χ1n) is 9.25. The molecule has 3 aromatic carbocycles. The molecule has 0 amide bonds. The molecule has 0 aliphatic heterocycles. The van der Waals surface area contributed by atoms with Gasteiger partial charge in [0.05, 0.1) is 21.3 Å². The number of benzene rings is 3. The van der Waals surface area contributed by atoms with E-state index in [1.807, 2.05) is 0 Å². The zero-order valence-electron chi connectivity index (χ0n) is 17.7. The summed E-state index contributed by atoms with van der Waals surface area (Å²) in [6, 6.07) is 0.522. The molecule has 0 N–H and O–H groups in total. The Hall–Kier alpha value is -3.11. The fourth-order valence-electron chi connectivity index (χ4n) is 3.59. The molecule has 0 saturated heterocycles. The van der Waals surface area contributed by atoms with E-state index in [-0.39, 0.29) is 6.07 Å². The van der Waals surface area contributed by atoms with Gasteiger partial charge >= 0.3 is 14.1 Å². The minimum atomic E-state index is -4.93. The molecular formula is C21H11AlF10O3. The molecule has 0 unspecified atom stereocenters. The van der Waals surface area contributed by atoms with Gasteiger partial charge in [-0.1, -0.05) is 4.43 Å². The normalized spacial score (nSPS) is 11.0. The second-order valence-electron chi connectivity index (χ2n) is 6.85. The van der Waals surface area contributed by atoms with Crippen molar-refractivity contribution in [3.63, 3.8) is 0 Å². The van der Waals surface area contributed by atoms with Gasteiger partial charge in [0.25, 0.3) is 0 Å². The molecule has 14 heteroatoms. The Morgan fingerprint density at radius 1 is 0.486 bits per heavy atom. The summed E-state index contributed by atoms with van der Waals surface area (Å²) in [6.45, 7) is 0. The summed E-state index contributed by atoms with van der Waals surface area (Å²) in [5.74, 6) is -25.0. The van der Waals surface area contributed by atoms with Crippen LogP contribution in [-0.4, -0.2) is 35.5 Å². The molecule has 186 valence electrons. The van der Waals surface area contributed by atoms with Crippen molar-refractivity contribution in [2.75, 3.05) is 21.3 Å². The molecular weight excluding hydrogens is 517 g/mol. The van der Waals surface area contributed by atoms with Gasteiger partial charge in [-0.15, -0.1) is 0 Å². The van der Waals surface area contributed by atoms with Gasteiger partial charge in [-0.25, -0.2) is 26.3 Å². The maximum atomic E-state index is 15.0. The molecule has 0 radical (unpaired) electrons. The van der Waals surface area contributed by atoms with Gasteiger partial charge in [0.1, 0.15) is 11.6 Å². The average Bonchev–Trinajstić information content (AvgIpc) is 2.81. The number of hydrogen-bond acceptors (Lipinski definition) is 3. The summed E-state index contributed by atoms with van der Waals surface area (Å²) in [5.41, 5.74) is 0. The van der Waals surface area contributed by atoms with Crippen molar-refractivity contribution in [2.45, 2.75) is 0 Å². The maximum absolute atomic E-state index is 15.0. The fourth-order valence-corrected chi connectivity index (χ4v) is 6.86. The van der Waals surface area contributed by atoms with Crippen LogP contribution >= 0.6 is 0 Å². The lowest BCUT2D eigenvalue weighted by Gasteiger charge is -2.22. The van der Waals surface area contributed by atoms with E-state index in [0.717, 1.165) is 7.11 Å². The molecule has 0 saturated carbocycles. The van der Waals surface area contributed by atoms with Crippen LogP contribution in [0.15, 0.2) is 12.1 Å². The van der Waals surface area contributed by atoms with Crippen molar-refractivity contribution < 1.29 is 58.1 Å². The first kappa shape index (κ1) is 26.5. The minimum Gasteiger partial charge on any atom is -0.495 e. The van der Waals surface area contributed by atoms with Gasteiger partial charge in [-0.2, -0.15) is 17.6 Å². The third kappa shape index (κ3) is 4.14. The smallest absolute Gasteiger partial charge is 0.409 e. The van der Waals surface area contributed by atoms with Crippen molar-refractivity contribution in [1.29, 1.82) is 0 Å². The second-order valence-corrected chi connectivity index (χ2v) is 9.49. The highest BCUT2D eigenvalue weighted by atomic mass is 27.2. The van der Waals surface area contributed by atoms with E-state index in [1.165, 1.54) is 0 Å². The molecule has 0 aromatic heterocycles. The monoisotopic (exact) mass is 528 g/mol. The first-order chi connectivity index (χ1) is 16.4. The molecule has 3 rings (SSSR count). The van der Waals surface area contributed by atoms with E-state index >= 15 is 17.6 Å². The van der Waals surface area contributed by atoms with Crippen LogP contribution in [0, 0.1) is 58.2 Å². The van der Waals surface area contributed by atoms with Gasteiger partial charge in [0.2, 0.25) is 23.3 Å². The molecule has 0 aliphatic carbocycles. The first-order valence-corrected chi connectivity index (χ1v) is 11.0. The van der Waals surface area contributed by atoms with E-state index in [0.29, 0.717) is 20.3 Å². The van der Waals surface area contributed by atoms with Gasteiger partial charge in [0, 0.05) is 6.07 Å². The molecule has 3 aromatic rings. The van der Waals surface area contributed by atoms with Gasteiger partial charge in [0.15, 0.2) is 40.6 Å². The predicted molar refractivity (Wildman–Crippen MR) is 103 cm³/mol. The molecule has 0 fully saturated rings. The Kier molecular flexibility index (Phi) is 7.47. The zero-order valence-corrected chi connectivity index (χ0v) is 18.9. The topological polar surface area (TPSA) is 27.7 Å². The van der Waals surface area contributed by atoms with Crippen molar-refractivity contribution in [1.82, 2.24) is 0 Å². The van der Waals surface area contributed by atoms with Crippen LogP contribution in [0.25, 0.3) is 0 Å². The largest absolute Gasteiger partial charge is 0.495 e. The van der Waals surface area contributed by atoms with Crippen LogP contribution in [0.2, 0.25) is 0 Å². The van der Waals surface area contributed by atoms with Gasteiger partial charge in [-0.3, -0.25) is 0 Å². The highest BCUT2D eigenvalue weighted by Gasteiger charge is 2.44. The summed E-state index contributed by atoms with van der Waals surface area (Å²) in [5, 5.41) is 0. The fraction of sp³-hybridized carbons (Fsp3) is 0.143. The Labute approximate surface area is 194 Å². The molecule has 0 atom stereocenters. The second kappa shape index (κ2) is 9.87. The highest BCUT2D eigenvalue weighted by molar-refractivity contribution is 6.96. The third-order valence-electron chi connectivity index (χ3n) is 5.05. The Morgan fingerprint density at radius 3 is 1.14 bits per heavy atom. The Bertz CT molecular complexity index is 1200. The number of hydrogen-bond donors (Lipinski definition) is 0. The predicted octanol–water partition coefficient (Wildman–Crippen LogP) is 3.62. The van der Waals surface area contributed by atoms with Crippen molar-refractivity contribution >= 4 is 27.4 Å². The standard InChI is InChI=1S/2C7H3F4O.C7H5F2O.Al/c2*1-12-7-5(10)3(8)2-4(9)6(7)11;1-10-7-3-2-5(8)4-6(7)9;/h2*1H3;2,4H,1H3;. The molecule has 0 aliphatic rings. The number of halogens is 10. The lowest BCUT2D eigenvalue weighted by atomic mass is 10.2. The van der Waals surface area contributed by atoms with Crippen LogP contribution in [-0.2, 0) is 0 Å². The summed E-state index contributed by atoms with van der Waals surface area (Å²) >= 11 is -4.93. The summed E-state index contributed by atoms with van der Waals surface area (Å²) in [6.07, 6.45) is 0. The van der Waals surface area contributed by atoms with E-state index < -0.39 is 103 Å². The van der Waals surface area contributed by atoms with E-state index in [9.17, 15) is 26.3 Å². The maximum Gasteiger partial charge on any atom is 0.409 e. The number of ether oxygens (including phenoxy) is 3. The van der Waals surface area contributed by atoms with Crippen LogP contribution < -0.4 is 27.5 Å². The van der Waals surface area contributed by atoms with E-state index in [4.69, 9.17) is 4.74 Å². The quantitative estimate of drug-likeness (QED) is 0.278. The van der Waals surface area contributed by atoms with Crippen LogP contribution in [0.4, 0.5) is 43.9 Å². The van der Waals surface area contributed by atoms with E-state index in [1.54, 1.807) is 0 Å². The van der Waals surface area contributed by atoms with Crippen LogP contribution in [0.5, 0.6) is 17.2 Å². The zero-order chi connectivity index (χ0) is 26.4.